The van der Waals surface area contributed by atoms with Gasteiger partial charge in [-0.25, -0.2) is 0 Å². The van der Waals surface area contributed by atoms with Gasteiger partial charge in [0, 0.05) is 12.5 Å². The summed E-state index contributed by atoms with van der Waals surface area (Å²) in [6.45, 7) is 4.00. The third-order valence-corrected chi connectivity index (χ3v) is 1.72. The zero-order valence-corrected chi connectivity index (χ0v) is 5.98. The van der Waals surface area contributed by atoms with Gasteiger partial charge in [-0.3, -0.25) is 4.79 Å². The van der Waals surface area contributed by atoms with Crippen molar-refractivity contribution in [2.75, 3.05) is 0 Å². The molecule has 1 aliphatic heterocycles. The standard InChI is InChI=1S/C5H7NO.C2H6/c7-5-2-3-1-4(3)6-5;1-2/h3-4H,1-2H2,(H,6,7);1-2H3. The zero-order chi connectivity index (χ0) is 6.85. The van der Waals surface area contributed by atoms with Crippen LogP contribution in [-0.2, 0) is 4.79 Å². The van der Waals surface area contributed by atoms with Gasteiger partial charge in [0.2, 0.25) is 5.91 Å². The normalized spacial score (nSPS) is 36.0. The molecule has 1 amide bonds. The quantitative estimate of drug-likeness (QED) is 0.515. The minimum Gasteiger partial charge on any atom is -0.353 e. The number of piperidine rings is 1. The summed E-state index contributed by atoms with van der Waals surface area (Å²) < 4.78 is 0. The van der Waals surface area contributed by atoms with E-state index in [-0.39, 0.29) is 5.91 Å². The first-order valence-corrected chi connectivity index (χ1v) is 3.65. The van der Waals surface area contributed by atoms with E-state index in [1.54, 1.807) is 0 Å². The molecule has 0 bridgehead atoms. The fourth-order valence-corrected chi connectivity index (χ4v) is 1.15. The molecule has 1 aliphatic carbocycles. The maximum Gasteiger partial charge on any atom is 0.220 e. The Balaban J connectivity index is 0.000000186. The summed E-state index contributed by atoms with van der Waals surface area (Å²) in [5.74, 6) is 0.980. The van der Waals surface area contributed by atoms with Crippen molar-refractivity contribution in [1.29, 1.82) is 0 Å². The van der Waals surface area contributed by atoms with E-state index >= 15 is 0 Å². The number of carbonyl (C=O) groups is 1. The third kappa shape index (κ3) is 1.23. The lowest BCUT2D eigenvalue weighted by atomic mass is 10.3. The van der Waals surface area contributed by atoms with Crippen LogP contribution in [0.3, 0.4) is 0 Å². The van der Waals surface area contributed by atoms with Gasteiger partial charge in [0.1, 0.15) is 0 Å². The number of carbonyl (C=O) groups excluding carboxylic acids is 1. The van der Waals surface area contributed by atoms with Crippen LogP contribution in [0.5, 0.6) is 0 Å². The van der Waals surface area contributed by atoms with E-state index in [0.29, 0.717) is 6.04 Å². The van der Waals surface area contributed by atoms with Crippen molar-refractivity contribution in [2.24, 2.45) is 5.92 Å². The molecule has 2 atom stereocenters. The molecule has 1 saturated carbocycles. The van der Waals surface area contributed by atoms with Gasteiger partial charge in [0.05, 0.1) is 0 Å². The molecule has 9 heavy (non-hydrogen) atoms. The summed E-state index contributed by atoms with van der Waals surface area (Å²) in [6.07, 6.45) is 2.04. The lowest BCUT2D eigenvalue weighted by molar-refractivity contribution is -0.119. The Morgan fingerprint density at radius 2 is 2.22 bits per heavy atom. The molecule has 1 N–H and O–H groups in total. The number of rotatable bonds is 0. The zero-order valence-electron chi connectivity index (χ0n) is 5.98. The molecule has 2 fully saturated rings. The van der Waals surface area contributed by atoms with Crippen LogP contribution in [0.2, 0.25) is 0 Å². The van der Waals surface area contributed by atoms with Crippen LogP contribution in [0.4, 0.5) is 0 Å². The van der Waals surface area contributed by atoms with Gasteiger partial charge < -0.3 is 5.32 Å². The van der Waals surface area contributed by atoms with Crippen molar-refractivity contribution in [1.82, 2.24) is 5.32 Å². The highest BCUT2D eigenvalue weighted by Gasteiger charge is 2.45. The molecule has 2 heteroatoms. The molecule has 0 aromatic heterocycles. The molecule has 0 spiro atoms. The maximum absolute atomic E-state index is 10.4. The Morgan fingerprint density at radius 3 is 2.44 bits per heavy atom. The second kappa shape index (κ2) is 2.38. The Morgan fingerprint density at radius 1 is 1.56 bits per heavy atom. The predicted molar refractivity (Wildman–Crippen MR) is 36.0 cm³/mol. The minimum absolute atomic E-state index is 0.251. The maximum atomic E-state index is 10.4. The van der Waals surface area contributed by atoms with E-state index in [2.05, 4.69) is 5.32 Å². The molecule has 1 heterocycles. The number of fused-ring (bicyclic) bond motifs is 1. The number of hydrogen-bond donors (Lipinski definition) is 1. The van der Waals surface area contributed by atoms with E-state index in [0.717, 1.165) is 12.3 Å². The van der Waals surface area contributed by atoms with E-state index in [1.807, 2.05) is 13.8 Å². The Labute approximate surface area is 55.6 Å². The van der Waals surface area contributed by atoms with E-state index in [4.69, 9.17) is 0 Å². The SMILES string of the molecule is CC.O=C1CC2CC2N1. The van der Waals surface area contributed by atoms with Crippen molar-refractivity contribution in [3.05, 3.63) is 0 Å². The Kier molecular flexibility index (Phi) is 1.74. The molecule has 0 radical (unpaired) electrons. The highest BCUT2D eigenvalue weighted by molar-refractivity contribution is 5.80. The molecule has 2 rings (SSSR count). The smallest absolute Gasteiger partial charge is 0.220 e. The molecule has 2 nitrogen and oxygen atoms in total. The van der Waals surface area contributed by atoms with Gasteiger partial charge in [-0.15, -0.1) is 0 Å². The summed E-state index contributed by atoms with van der Waals surface area (Å²) in [5, 5.41) is 2.85. The van der Waals surface area contributed by atoms with E-state index < -0.39 is 0 Å². The van der Waals surface area contributed by atoms with Crippen LogP contribution in [0.15, 0.2) is 0 Å². The first-order chi connectivity index (χ1) is 4.36. The molecule has 52 valence electrons. The summed E-state index contributed by atoms with van der Waals surface area (Å²) in [4.78, 5) is 10.4. The summed E-state index contributed by atoms with van der Waals surface area (Å²) in [5.41, 5.74) is 0. The topological polar surface area (TPSA) is 29.1 Å². The largest absolute Gasteiger partial charge is 0.353 e. The number of hydrogen-bond acceptors (Lipinski definition) is 1. The van der Waals surface area contributed by atoms with E-state index in [1.165, 1.54) is 6.42 Å². The molecular weight excluding hydrogens is 114 g/mol. The summed E-state index contributed by atoms with van der Waals surface area (Å²) >= 11 is 0. The lowest BCUT2D eigenvalue weighted by Gasteiger charge is -1.88. The lowest BCUT2D eigenvalue weighted by Crippen LogP contribution is -2.18. The average molecular weight is 127 g/mol. The molecule has 0 aromatic rings. The number of amides is 1. The molecule has 1 saturated heterocycles. The summed E-state index contributed by atoms with van der Waals surface area (Å²) in [6, 6.07) is 0.590. The molecule has 2 unspecified atom stereocenters. The second-order valence-corrected chi connectivity index (χ2v) is 2.37. The van der Waals surface area contributed by atoms with Crippen molar-refractivity contribution in [2.45, 2.75) is 32.7 Å². The van der Waals surface area contributed by atoms with Crippen molar-refractivity contribution < 1.29 is 4.79 Å². The van der Waals surface area contributed by atoms with Gasteiger partial charge in [-0.2, -0.15) is 0 Å². The molecular formula is C7H13NO. The van der Waals surface area contributed by atoms with Crippen LogP contribution < -0.4 is 5.32 Å². The van der Waals surface area contributed by atoms with Gasteiger partial charge in [-0.1, -0.05) is 13.8 Å². The fraction of sp³-hybridized carbons (Fsp3) is 0.857. The highest BCUT2D eigenvalue weighted by Crippen LogP contribution is 2.37. The monoisotopic (exact) mass is 127 g/mol. The van der Waals surface area contributed by atoms with Gasteiger partial charge >= 0.3 is 0 Å². The minimum atomic E-state index is 0.251. The van der Waals surface area contributed by atoms with Crippen molar-refractivity contribution >= 4 is 5.91 Å². The Bertz CT molecular complexity index is 110. The predicted octanol–water partition coefficient (Wildman–Crippen LogP) is 0.921. The van der Waals surface area contributed by atoms with Crippen LogP contribution >= 0.6 is 0 Å². The van der Waals surface area contributed by atoms with Crippen LogP contribution in [0, 0.1) is 5.92 Å². The Hall–Kier alpha value is -0.530. The van der Waals surface area contributed by atoms with Gasteiger partial charge in [0.25, 0.3) is 0 Å². The molecule has 0 aromatic carbocycles. The molecule has 2 aliphatic rings. The number of nitrogens with one attached hydrogen (secondary N) is 1. The van der Waals surface area contributed by atoms with Gasteiger partial charge in [-0.05, 0) is 12.3 Å². The second-order valence-electron chi connectivity index (χ2n) is 2.37. The first-order valence-electron chi connectivity index (χ1n) is 3.65. The van der Waals surface area contributed by atoms with E-state index in [9.17, 15) is 4.79 Å². The first kappa shape index (κ1) is 6.59. The van der Waals surface area contributed by atoms with Crippen LogP contribution in [0.1, 0.15) is 26.7 Å². The van der Waals surface area contributed by atoms with Crippen molar-refractivity contribution in [3.63, 3.8) is 0 Å². The van der Waals surface area contributed by atoms with Crippen molar-refractivity contribution in [3.8, 4) is 0 Å². The summed E-state index contributed by atoms with van der Waals surface area (Å²) in [7, 11) is 0. The van der Waals surface area contributed by atoms with Crippen LogP contribution in [-0.4, -0.2) is 11.9 Å². The van der Waals surface area contributed by atoms with Gasteiger partial charge in [0.15, 0.2) is 0 Å². The highest BCUT2D eigenvalue weighted by atomic mass is 16.2. The van der Waals surface area contributed by atoms with Crippen LogP contribution in [0.25, 0.3) is 0 Å². The third-order valence-electron chi connectivity index (χ3n) is 1.72. The average Bonchev–Trinajstić information content (AvgIpc) is 2.46. The fourth-order valence-electron chi connectivity index (χ4n) is 1.15.